The van der Waals surface area contributed by atoms with Crippen molar-refractivity contribution in [1.29, 1.82) is 5.26 Å². The summed E-state index contributed by atoms with van der Waals surface area (Å²) in [7, 11) is 0. The molecule has 1 aliphatic heterocycles. The van der Waals surface area contributed by atoms with E-state index >= 15 is 0 Å². The first-order chi connectivity index (χ1) is 15.7. The van der Waals surface area contributed by atoms with Crippen LogP contribution >= 0.6 is 12.4 Å². The number of morpholine rings is 1. The van der Waals surface area contributed by atoms with Gasteiger partial charge in [0.15, 0.2) is 0 Å². The third kappa shape index (κ3) is 5.13. The van der Waals surface area contributed by atoms with Crippen LogP contribution in [0, 0.1) is 18.3 Å². The molecular formula is C24H23ClF3N5O. The first-order valence-electron chi connectivity index (χ1n) is 10.5. The SMILES string of the molecule is Cc1cc(-c2cnc(N3C[C@@H](C)O[C@@H](C)C3)nc2-c2cccc(C(F)(F)F)c2C#N)ccn1.Cl. The first kappa shape index (κ1) is 25.4. The number of rotatable bonds is 3. The zero-order valence-corrected chi connectivity index (χ0v) is 19.6. The topological polar surface area (TPSA) is 74.9 Å². The molecule has 0 radical (unpaired) electrons. The third-order valence-corrected chi connectivity index (χ3v) is 5.42. The summed E-state index contributed by atoms with van der Waals surface area (Å²) in [5.41, 5.74) is 0.875. The average molecular weight is 490 g/mol. The van der Waals surface area contributed by atoms with Gasteiger partial charge in [-0.15, -0.1) is 12.4 Å². The minimum atomic E-state index is -4.67. The van der Waals surface area contributed by atoms with Crippen molar-refractivity contribution in [2.75, 3.05) is 18.0 Å². The predicted octanol–water partition coefficient (Wildman–Crippen LogP) is 5.44. The van der Waals surface area contributed by atoms with E-state index in [4.69, 9.17) is 9.72 Å². The number of pyridine rings is 1. The number of anilines is 1. The van der Waals surface area contributed by atoms with E-state index in [2.05, 4.69) is 9.97 Å². The van der Waals surface area contributed by atoms with Gasteiger partial charge in [0.1, 0.15) is 6.07 Å². The highest BCUT2D eigenvalue weighted by molar-refractivity contribution is 5.85. The second kappa shape index (κ2) is 9.95. The lowest BCUT2D eigenvalue weighted by Gasteiger charge is -2.35. The Kier molecular flexibility index (Phi) is 7.44. The molecule has 0 bridgehead atoms. The van der Waals surface area contributed by atoms with Crippen molar-refractivity contribution in [2.24, 2.45) is 0 Å². The second-order valence-electron chi connectivity index (χ2n) is 8.12. The fraction of sp³-hybridized carbons (Fsp3) is 0.333. The molecule has 0 unspecified atom stereocenters. The van der Waals surface area contributed by atoms with Gasteiger partial charge in [-0.25, -0.2) is 9.97 Å². The molecule has 10 heteroatoms. The van der Waals surface area contributed by atoms with Crippen molar-refractivity contribution in [1.82, 2.24) is 15.0 Å². The first-order valence-corrected chi connectivity index (χ1v) is 10.5. The molecule has 1 aromatic carbocycles. The molecular weight excluding hydrogens is 467 g/mol. The Morgan fingerprint density at radius 3 is 2.41 bits per heavy atom. The van der Waals surface area contributed by atoms with Crippen LogP contribution < -0.4 is 4.90 Å². The summed E-state index contributed by atoms with van der Waals surface area (Å²) in [6.45, 7) is 6.80. The van der Waals surface area contributed by atoms with Gasteiger partial charge in [-0.1, -0.05) is 12.1 Å². The molecule has 4 rings (SSSR count). The number of aromatic nitrogens is 3. The van der Waals surface area contributed by atoms with E-state index in [0.717, 1.165) is 11.8 Å². The van der Waals surface area contributed by atoms with E-state index in [1.165, 1.54) is 12.1 Å². The number of hydrogen-bond donors (Lipinski definition) is 0. The molecule has 34 heavy (non-hydrogen) atoms. The maximum atomic E-state index is 13.6. The number of halogens is 4. The smallest absolute Gasteiger partial charge is 0.372 e. The Morgan fingerprint density at radius 1 is 1.09 bits per heavy atom. The lowest BCUT2D eigenvalue weighted by Crippen LogP contribution is -2.46. The minimum absolute atomic E-state index is 0. The van der Waals surface area contributed by atoms with Crippen molar-refractivity contribution in [2.45, 2.75) is 39.2 Å². The van der Waals surface area contributed by atoms with Gasteiger partial charge in [-0.3, -0.25) is 4.98 Å². The average Bonchev–Trinajstić information content (AvgIpc) is 2.77. The zero-order valence-electron chi connectivity index (χ0n) is 18.8. The van der Waals surface area contributed by atoms with Crippen molar-refractivity contribution in [3.8, 4) is 28.5 Å². The molecule has 0 saturated carbocycles. The molecule has 0 aliphatic carbocycles. The van der Waals surface area contributed by atoms with E-state index in [-0.39, 0.29) is 35.9 Å². The summed E-state index contributed by atoms with van der Waals surface area (Å²) in [4.78, 5) is 15.4. The summed E-state index contributed by atoms with van der Waals surface area (Å²) in [6, 6.07) is 8.98. The van der Waals surface area contributed by atoms with Gasteiger partial charge < -0.3 is 9.64 Å². The van der Waals surface area contributed by atoms with Gasteiger partial charge in [0.25, 0.3) is 0 Å². The largest absolute Gasteiger partial charge is 0.417 e. The molecule has 6 nitrogen and oxygen atoms in total. The fourth-order valence-electron chi connectivity index (χ4n) is 4.10. The molecule has 3 heterocycles. The normalized spacial score (nSPS) is 18.2. The fourth-order valence-corrected chi connectivity index (χ4v) is 4.10. The Morgan fingerprint density at radius 2 is 1.79 bits per heavy atom. The van der Waals surface area contributed by atoms with E-state index in [9.17, 15) is 18.4 Å². The van der Waals surface area contributed by atoms with Gasteiger partial charge >= 0.3 is 6.18 Å². The standard InChI is InChI=1S/C24H22F3N5O.ClH/c1-14-9-17(7-8-29-14)20-11-30-23(32-12-15(2)33-16(3)13-32)31-22(20)18-5-4-6-21(19(18)10-28)24(25,26)27;/h4-9,11,15-16H,12-13H2,1-3H3;1H/t15-,16+;. The lowest BCUT2D eigenvalue weighted by molar-refractivity contribution is -0.137. The molecule has 1 saturated heterocycles. The molecule has 0 amide bonds. The van der Waals surface area contributed by atoms with Crippen LogP contribution in [-0.4, -0.2) is 40.2 Å². The number of benzene rings is 1. The number of nitrogens with zero attached hydrogens (tertiary/aromatic N) is 5. The Hall–Kier alpha value is -3.22. The van der Waals surface area contributed by atoms with Gasteiger partial charge in [0.05, 0.1) is 29.0 Å². The highest BCUT2D eigenvalue weighted by atomic mass is 35.5. The number of alkyl halides is 3. The van der Waals surface area contributed by atoms with E-state index in [1.54, 1.807) is 30.6 Å². The predicted molar refractivity (Wildman–Crippen MR) is 125 cm³/mol. The summed E-state index contributed by atoms with van der Waals surface area (Å²) >= 11 is 0. The minimum Gasteiger partial charge on any atom is -0.372 e. The number of nitriles is 1. The molecule has 0 spiro atoms. The summed E-state index contributed by atoms with van der Waals surface area (Å²) in [5.74, 6) is 0.378. The van der Waals surface area contributed by atoms with E-state index in [1.807, 2.05) is 25.7 Å². The molecule has 178 valence electrons. The van der Waals surface area contributed by atoms with Crippen LogP contribution in [0.1, 0.15) is 30.7 Å². The van der Waals surface area contributed by atoms with Crippen molar-refractivity contribution in [3.05, 3.63) is 59.5 Å². The third-order valence-electron chi connectivity index (χ3n) is 5.42. The molecule has 2 atom stereocenters. The number of ether oxygens (including phenoxy) is 1. The van der Waals surface area contributed by atoms with Crippen molar-refractivity contribution >= 4 is 18.4 Å². The molecule has 1 fully saturated rings. The second-order valence-corrected chi connectivity index (χ2v) is 8.12. The van der Waals surface area contributed by atoms with Crippen molar-refractivity contribution in [3.63, 3.8) is 0 Å². The van der Waals surface area contributed by atoms with Crippen LogP contribution in [0.15, 0.2) is 42.7 Å². The van der Waals surface area contributed by atoms with Gasteiger partial charge in [0.2, 0.25) is 5.95 Å². The maximum Gasteiger partial charge on any atom is 0.417 e. The van der Waals surface area contributed by atoms with Crippen molar-refractivity contribution < 1.29 is 17.9 Å². The van der Waals surface area contributed by atoms with Crippen LogP contribution in [-0.2, 0) is 10.9 Å². The molecule has 2 aromatic heterocycles. The maximum absolute atomic E-state index is 13.6. The van der Waals surface area contributed by atoms with Crippen LogP contribution in [0.4, 0.5) is 19.1 Å². The summed E-state index contributed by atoms with van der Waals surface area (Å²) < 4.78 is 46.7. The quantitative estimate of drug-likeness (QED) is 0.487. The van der Waals surface area contributed by atoms with Gasteiger partial charge in [0, 0.05) is 42.3 Å². The summed E-state index contributed by atoms with van der Waals surface area (Å²) in [5, 5.41) is 9.69. The van der Waals surface area contributed by atoms with Crippen LogP contribution in [0.25, 0.3) is 22.4 Å². The Bertz CT molecular complexity index is 1220. The van der Waals surface area contributed by atoms with E-state index < -0.39 is 17.3 Å². The molecule has 3 aromatic rings. The number of aryl methyl sites for hydroxylation is 1. The molecule has 0 N–H and O–H groups in total. The monoisotopic (exact) mass is 489 g/mol. The van der Waals surface area contributed by atoms with Gasteiger partial charge in [-0.05, 0) is 44.5 Å². The Labute approximate surface area is 201 Å². The highest BCUT2D eigenvalue weighted by Gasteiger charge is 2.35. The van der Waals surface area contributed by atoms with Crippen LogP contribution in [0.2, 0.25) is 0 Å². The summed E-state index contributed by atoms with van der Waals surface area (Å²) in [6.07, 6.45) is -1.55. The van der Waals surface area contributed by atoms with Gasteiger partial charge in [-0.2, -0.15) is 18.4 Å². The number of hydrogen-bond acceptors (Lipinski definition) is 6. The van der Waals surface area contributed by atoms with Crippen LogP contribution in [0.3, 0.4) is 0 Å². The Balaban J connectivity index is 0.00000324. The lowest BCUT2D eigenvalue weighted by atomic mass is 9.94. The highest BCUT2D eigenvalue weighted by Crippen LogP contribution is 2.39. The van der Waals surface area contributed by atoms with E-state index in [0.29, 0.717) is 30.2 Å². The zero-order chi connectivity index (χ0) is 23.8. The molecule has 1 aliphatic rings. The van der Waals surface area contributed by atoms with Crippen LogP contribution in [0.5, 0.6) is 0 Å².